The minimum absolute atomic E-state index is 0.0591. The Labute approximate surface area is 106 Å². The molecule has 1 atom stereocenters. The third-order valence-electron chi connectivity index (χ3n) is 2.73. The van der Waals surface area contributed by atoms with Crippen LogP contribution in [0, 0.1) is 5.92 Å². The molecule has 0 spiro atoms. The van der Waals surface area contributed by atoms with E-state index >= 15 is 0 Å². The van der Waals surface area contributed by atoms with Gasteiger partial charge < -0.3 is 15.0 Å². The predicted molar refractivity (Wildman–Crippen MR) is 71.1 cm³/mol. The second kappa shape index (κ2) is 10.5. The Hall–Kier alpha value is -0.610. The Balaban J connectivity index is 3.58. The van der Waals surface area contributed by atoms with E-state index in [0.29, 0.717) is 13.2 Å². The van der Waals surface area contributed by atoms with Crippen LogP contribution in [0.25, 0.3) is 0 Å². The minimum Gasteiger partial charge on any atom is -0.466 e. The van der Waals surface area contributed by atoms with Gasteiger partial charge in [0.15, 0.2) is 0 Å². The van der Waals surface area contributed by atoms with Gasteiger partial charge in [-0.05, 0) is 26.4 Å². The number of esters is 1. The quantitative estimate of drug-likeness (QED) is 0.467. The van der Waals surface area contributed by atoms with E-state index in [1.807, 2.05) is 13.8 Å². The summed E-state index contributed by atoms with van der Waals surface area (Å²) < 4.78 is 4.95. The number of hydrogen-bond donors (Lipinski definition) is 1. The van der Waals surface area contributed by atoms with Crippen molar-refractivity contribution in [2.75, 3.05) is 39.3 Å². The molecule has 0 aromatic heterocycles. The van der Waals surface area contributed by atoms with Gasteiger partial charge in [-0.1, -0.05) is 20.8 Å². The number of hydrogen-bond acceptors (Lipinski definition) is 4. The van der Waals surface area contributed by atoms with Crippen LogP contribution in [0.2, 0.25) is 0 Å². The van der Waals surface area contributed by atoms with Crippen LogP contribution in [0.1, 0.15) is 34.1 Å². The van der Waals surface area contributed by atoms with Gasteiger partial charge in [0.05, 0.1) is 12.5 Å². The third kappa shape index (κ3) is 8.16. The molecule has 0 aliphatic carbocycles. The molecule has 4 nitrogen and oxygen atoms in total. The summed E-state index contributed by atoms with van der Waals surface area (Å²) in [6, 6.07) is 0. The Morgan fingerprint density at radius 1 is 1.29 bits per heavy atom. The molecule has 0 bridgehead atoms. The van der Waals surface area contributed by atoms with E-state index in [9.17, 15) is 4.79 Å². The van der Waals surface area contributed by atoms with Crippen LogP contribution in [-0.4, -0.2) is 50.2 Å². The van der Waals surface area contributed by atoms with Crippen molar-refractivity contribution in [3.05, 3.63) is 0 Å². The summed E-state index contributed by atoms with van der Waals surface area (Å²) in [7, 11) is 0. The maximum atomic E-state index is 11.4. The van der Waals surface area contributed by atoms with E-state index < -0.39 is 0 Å². The van der Waals surface area contributed by atoms with Crippen molar-refractivity contribution < 1.29 is 9.53 Å². The molecular weight excluding hydrogens is 216 g/mol. The average Bonchev–Trinajstić information content (AvgIpc) is 2.33. The predicted octanol–water partition coefficient (Wildman–Crippen LogP) is 1.51. The molecule has 0 heterocycles. The second-order valence-electron chi connectivity index (χ2n) is 4.29. The van der Waals surface area contributed by atoms with Gasteiger partial charge in [0.1, 0.15) is 0 Å². The molecule has 0 saturated heterocycles. The first kappa shape index (κ1) is 16.4. The van der Waals surface area contributed by atoms with Crippen molar-refractivity contribution in [1.82, 2.24) is 10.2 Å². The van der Waals surface area contributed by atoms with Gasteiger partial charge in [0.25, 0.3) is 0 Å². The van der Waals surface area contributed by atoms with E-state index in [1.54, 1.807) is 0 Å². The van der Waals surface area contributed by atoms with Gasteiger partial charge in [-0.25, -0.2) is 0 Å². The molecule has 1 unspecified atom stereocenters. The molecule has 0 saturated carbocycles. The monoisotopic (exact) mass is 244 g/mol. The van der Waals surface area contributed by atoms with Gasteiger partial charge in [0.2, 0.25) is 0 Å². The number of nitrogens with zero attached hydrogens (tertiary/aromatic N) is 1. The molecule has 0 rings (SSSR count). The molecule has 0 aliphatic rings. The number of carbonyl (C=O) groups is 1. The fourth-order valence-electron chi connectivity index (χ4n) is 1.67. The number of likely N-dealkylation sites (N-methyl/N-ethyl adjacent to an activating group) is 1. The highest BCUT2D eigenvalue weighted by Gasteiger charge is 2.12. The SMILES string of the molecule is CCCN(CC)CCNCC(C)C(=O)OCC. The summed E-state index contributed by atoms with van der Waals surface area (Å²) in [5.74, 6) is -0.169. The zero-order chi connectivity index (χ0) is 13.1. The molecule has 102 valence electrons. The largest absolute Gasteiger partial charge is 0.466 e. The van der Waals surface area contributed by atoms with Crippen molar-refractivity contribution in [3.63, 3.8) is 0 Å². The van der Waals surface area contributed by atoms with Gasteiger partial charge in [0, 0.05) is 19.6 Å². The fourth-order valence-corrected chi connectivity index (χ4v) is 1.67. The zero-order valence-corrected chi connectivity index (χ0v) is 11.8. The number of carbonyl (C=O) groups excluding carboxylic acids is 1. The first-order valence-electron chi connectivity index (χ1n) is 6.75. The lowest BCUT2D eigenvalue weighted by molar-refractivity contribution is -0.147. The Morgan fingerprint density at radius 3 is 2.53 bits per heavy atom. The Bertz CT molecular complexity index is 198. The maximum Gasteiger partial charge on any atom is 0.309 e. The van der Waals surface area contributed by atoms with Crippen LogP contribution in [-0.2, 0) is 9.53 Å². The van der Waals surface area contributed by atoms with Gasteiger partial charge >= 0.3 is 5.97 Å². The summed E-state index contributed by atoms with van der Waals surface area (Å²) in [4.78, 5) is 13.8. The molecule has 4 heteroatoms. The van der Waals surface area contributed by atoms with Crippen molar-refractivity contribution in [1.29, 1.82) is 0 Å². The van der Waals surface area contributed by atoms with Crippen LogP contribution in [0.15, 0.2) is 0 Å². The summed E-state index contributed by atoms with van der Waals surface area (Å²) in [5, 5.41) is 3.31. The lowest BCUT2D eigenvalue weighted by Gasteiger charge is -2.20. The van der Waals surface area contributed by atoms with Gasteiger partial charge in [-0.15, -0.1) is 0 Å². The first-order valence-corrected chi connectivity index (χ1v) is 6.75. The molecule has 0 aliphatic heterocycles. The fraction of sp³-hybridized carbons (Fsp3) is 0.923. The van der Waals surface area contributed by atoms with Crippen molar-refractivity contribution in [3.8, 4) is 0 Å². The zero-order valence-electron chi connectivity index (χ0n) is 11.8. The van der Waals surface area contributed by atoms with Crippen LogP contribution in [0.5, 0.6) is 0 Å². The lowest BCUT2D eigenvalue weighted by Crippen LogP contribution is -2.35. The third-order valence-corrected chi connectivity index (χ3v) is 2.73. The van der Waals surface area contributed by atoms with Crippen LogP contribution in [0.4, 0.5) is 0 Å². The lowest BCUT2D eigenvalue weighted by atomic mass is 10.2. The van der Waals surface area contributed by atoms with Crippen molar-refractivity contribution in [2.24, 2.45) is 5.92 Å². The standard InChI is InChI=1S/C13H28N2O2/c1-5-9-15(6-2)10-8-14-11-12(4)13(16)17-7-3/h12,14H,5-11H2,1-4H3. The second-order valence-corrected chi connectivity index (χ2v) is 4.29. The molecule has 17 heavy (non-hydrogen) atoms. The van der Waals surface area contributed by atoms with E-state index in [1.165, 1.54) is 6.42 Å². The normalized spacial score (nSPS) is 12.8. The van der Waals surface area contributed by atoms with Gasteiger partial charge in [-0.3, -0.25) is 4.79 Å². The first-order chi connectivity index (χ1) is 8.15. The van der Waals surface area contributed by atoms with E-state index in [4.69, 9.17) is 4.74 Å². The van der Waals surface area contributed by atoms with E-state index in [-0.39, 0.29) is 11.9 Å². The molecule has 0 aromatic carbocycles. The molecule has 1 N–H and O–H groups in total. The van der Waals surface area contributed by atoms with Crippen LogP contribution < -0.4 is 5.32 Å². The van der Waals surface area contributed by atoms with Crippen LogP contribution in [0.3, 0.4) is 0 Å². The number of ether oxygens (including phenoxy) is 1. The number of rotatable bonds is 10. The average molecular weight is 244 g/mol. The number of nitrogens with one attached hydrogen (secondary N) is 1. The summed E-state index contributed by atoms with van der Waals surface area (Å²) >= 11 is 0. The maximum absolute atomic E-state index is 11.4. The molecule has 0 amide bonds. The Kier molecular flexibility index (Phi) is 10.2. The minimum atomic E-state index is -0.110. The van der Waals surface area contributed by atoms with E-state index in [0.717, 1.165) is 26.2 Å². The summed E-state index contributed by atoms with van der Waals surface area (Å²) in [5.41, 5.74) is 0. The molecule has 0 radical (unpaired) electrons. The van der Waals surface area contributed by atoms with Gasteiger partial charge in [-0.2, -0.15) is 0 Å². The van der Waals surface area contributed by atoms with Crippen LogP contribution >= 0.6 is 0 Å². The molecule has 0 aromatic rings. The topological polar surface area (TPSA) is 41.6 Å². The smallest absolute Gasteiger partial charge is 0.309 e. The molecular formula is C13H28N2O2. The van der Waals surface area contributed by atoms with E-state index in [2.05, 4.69) is 24.1 Å². The van der Waals surface area contributed by atoms with Crippen molar-refractivity contribution >= 4 is 5.97 Å². The Morgan fingerprint density at radius 2 is 2.00 bits per heavy atom. The highest BCUT2D eigenvalue weighted by Crippen LogP contribution is 1.96. The molecule has 0 fully saturated rings. The highest BCUT2D eigenvalue weighted by atomic mass is 16.5. The summed E-state index contributed by atoms with van der Waals surface area (Å²) in [6.45, 7) is 13.5. The highest BCUT2D eigenvalue weighted by molar-refractivity contribution is 5.72. The van der Waals surface area contributed by atoms with Crippen molar-refractivity contribution in [2.45, 2.75) is 34.1 Å². The summed E-state index contributed by atoms with van der Waals surface area (Å²) in [6.07, 6.45) is 1.19.